The normalized spacial score (nSPS) is 20.0. The van der Waals surface area contributed by atoms with Gasteiger partial charge in [-0.3, -0.25) is 19.7 Å². The number of nitrogens with zero attached hydrogens (tertiary/aromatic N) is 1. The maximum atomic E-state index is 13.1. The standard InChI is InChI=1S/C21H37N3O6/c1-15(25)21(10-8-9-11-22-18(28)30-20(5,6)7)17(27)24(13-12-23-21)14-16(26)29-19(2,3)4/h23H,8-14H2,1-7H3,(H,22,28). The minimum Gasteiger partial charge on any atom is -0.459 e. The summed E-state index contributed by atoms with van der Waals surface area (Å²) in [5.74, 6) is -1.20. The Morgan fingerprint density at radius 1 is 1.07 bits per heavy atom. The van der Waals surface area contributed by atoms with Crippen molar-refractivity contribution in [2.45, 2.75) is 84.5 Å². The first-order valence-corrected chi connectivity index (χ1v) is 10.4. The van der Waals surface area contributed by atoms with Gasteiger partial charge in [-0.05, 0) is 67.7 Å². The number of rotatable bonds is 8. The molecule has 0 aromatic carbocycles. The number of esters is 1. The average molecular weight is 428 g/mol. The smallest absolute Gasteiger partial charge is 0.407 e. The maximum Gasteiger partial charge on any atom is 0.407 e. The fourth-order valence-corrected chi connectivity index (χ4v) is 3.20. The van der Waals surface area contributed by atoms with Crippen molar-refractivity contribution in [2.75, 3.05) is 26.2 Å². The molecule has 0 aromatic rings. The predicted molar refractivity (Wildman–Crippen MR) is 112 cm³/mol. The number of ketones is 1. The van der Waals surface area contributed by atoms with Gasteiger partial charge in [0, 0.05) is 19.6 Å². The quantitative estimate of drug-likeness (QED) is 0.345. The van der Waals surface area contributed by atoms with E-state index in [1.54, 1.807) is 41.5 Å². The highest BCUT2D eigenvalue weighted by atomic mass is 16.6. The zero-order chi connectivity index (χ0) is 23.2. The molecule has 30 heavy (non-hydrogen) atoms. The molecule has 1 saturated heterocycles. The predicted octanol–water partition coefficient (Wildman–Crippen LogP) is 1.78. The SMILES string of the molecule is CC(=O)C1(CCCCNC(=O)OC(C)(C)C)NCCN(CC(=O)OC(C)(C)C)C1=O. The summed E-state index contributed by atoms with van der Waals surface area (Å²) in [6, 6.07) is 0. The molecule has 1 aliphatic heterocycles. The minimum atomic E-state index is -1.35. The van der Waals surface area contributed by atoms with Gasteiger partial charge in [-0.1, -0.05) is 0 Å². The van der Waals surface area contributed by atoms with Gasteiger partial charge in [0.25, 0.3) is 5.91 Å². The van der Waals surface area contributed by atoms with Gasteiger partial charge in [0.2, 0.25) is 0 Å². The van der Waals surface area contributed by atoms with Crippen molar-refractivity contribution in [2.24, 2.45) is 0 Å². The Kier molecular flexibility index (Phi) is 8.83. The summed E-state index contributed by atoms with van der Waals surface area (Å²) in [5.41, 5.74) is -2.57. The van der Waals surface area contributed by atoms with Crippen molar-refractivity contribution in [3.63, 3.8) is 0 Å². The van der Waals surface area contributed by atoms with E-state index in [0.29, 0.717) is 32.5 Å². The van der Waals surface area contributed by atoms with E-state index in [9.17, 15) is 19.2 Å². The van der Waals surface area contributed by atoms with Crippen molar-refractivity contribution >= 4 is 23.8 Å². The molecule has 2 amide bonds. The number of carbonyl (C=O) groups excluding carboxylic acids is 4. The molecule has 1 heterocycles. The number of carbonyl (C=O) groups is 4. The van der Waals surface area contributed by atoms with E-state index in [1.165, 1.54) is 11.8 Å². The number of ether oxygens (including phenoxy) is 2. The van der Waals surface area contributed by atoms with Crippen LogP contribution in [0.25, 0.3) is 0 Å². The van der Waals surface area contributed by atoms with Crippen molar-refractivity contribution in [3.8, 4) is 0 Å². The zero-order valence-corrected chi connectivity index (χ0v) is 19.3. The summed E-state index contributed by atoms with van der Waals surface area (Å²) in [4.78, 5) is 50.7. The summed E-state index contributed by atoms with van der Waals surface area (Å²) in [6.45, 7) is 12.9. The van der Waals surface area contributed by atoms with Gasteiger partial charge in [0.1, 0.15) is 17.7 Å². The highest BCUT2D eigenvalue weighted by molar-refractivity contribution is 6.10. The fourth-order valence-electron chi connectivity index (χ4n) is 3.20. The summed E-state index contributed by atoms with van der Waals surface area (Å²) in [5, 5.41) is 5.72. The monoisotopic (exact) mass is 427 g/mol. The second kappa shape index (κ2) is 10.2. The fraction of sp³-hybridized carbons (Fsp3) is 0.810. The van der Waals surface area contributed by atoms with Crippen LogP contribution >= 0.6 is 0 Å². The molecule has 0 saturated carbocycles. The molecule has 9 nitrogen and oxygen atoms in total. The molecule has 0 aromatic heterocycles. The van der Waals surface area contributed by atoms with Crippen molar-refractivity contribution in [1.82, 2.24) is 15.5 Å². The second-order valence-electron chi connectivity index (χ2n) is 9.59. The van der Waals surface area contributed by atoms with Gasteiger partial charge in [0.05, 0.1) is 0 Å². The van der Waals surface area contributed by atoms with Crippen molar-refractivity contribution in [1.29, 1.82) is 0 Å². The molecule has 1 unspecified atom stereocenters. The van der Waals surface area contributed by atoms with Crippen LogP contribution in [0.4, 0.5) is 4.79 Å². The number of piperazine rings is 1. The number of alkyl carbamates (subject to hydrolysis) is 1. The zero-order valence-electron chi connectivity index (χ0n) is 19.3. The van der Waals surface area contributed by atoms with Crippen LogP contribution in [0.1, 0.15) is 67.7 Å². The second-order valence-corrected chi connectivity index (χ2v) is 9.59. The van der Waals surface area contributed by atoms with E-state index < -0.39 is 34.7 Å². The van der Waals surface area contributed by atoms with Gasteiger partial charge in [-0.2, -0.15) is 0 Å². The van der Waals surface area contributed by atoms with E-state index in [4.69, 9.17) is 9.47 Å². The van der Waals surface area contributed by atoms with Gasteiger partial charge in [0.15, 0.2) is 11.3 Å². The van der Waals surface area contributed by atoms with Crippen LogP contribution in [0.2, 0.25) is 0 Å². The molecule has 0 radical (unpaired) electrons. The Bertz CT molecular complexity index is 650. The molecule has 0 aliphatic carbocycles. The first-order chi connectivity index (χ1) is 13.7. The topological polar surface area (TPSA) is 114 Å². The van der Waals surface area contributed by atoms with Crippen molar-refractivity contribution in [3.05, 3.63) is 0 Å². The van der Waals surface area contributed by atoms with Gasteiger partial charge in [-0.25, -0.2) is 4.79 Å². The van der Waals surface area contributed by atoms with E-state index in [0.717, 1.165) is 0 Å². The van der Waals surface area contributed by atoms with E-state index in [1.807, 2.05) is 0 Å². The molecular weight excluding hydrogens is 390 g/mol. The lowest BCUT2D eigenvalue weighted by Crippen LogP contribution is -2.68. The summed E-state index contributed by atoms with van der Waals surface area (Å²) >= 11 is 0. The van der Waals surface area contributed by atoms with E-state index in [2.05, 4.69) is 10.6 Å². The summed E-state index contributed by atoms with van der Waals surface area (Å²) in [6.07, 6.45) is 0.894. The maximum absolute atomic E-state index is 13.1. The summed E-state index contributed by atoms with van der Waals surface area (Å²) in [7, 11) is 0. The number of unbranched alkanes of at least 4 members (excludes halogenated alkanes) is 1. The largest absolute Gasteiger partial charge is 0.459 e. The van der Waals surface area contributed by atoms with E-state index >= 15 is 0 Å². The van der Waals surface area contributed by atoms with Gasteiger partial charge in [-0.15, -0.1) is 0 Å². The Morgan fingerprint density at radius 3 is 2.20 bits per heavy atom. The molecule has 1 atom stereocenters. The molecule has 1 aliphatic rings. The number of nitrogens with one attached hydrogen (secondary N) is 2. The Labute approximate surface area is 179 Å². The van der Waals surface area contributed by atoms with Gasteiger partial charge < -0.3 is 19.7 Å². The molecular formula is C21H37N3O6. The van der Waals surface area contributed by atoms with Crippen LogP contribution in [0.15, 0.2) is 0 Å². The lowest BCUT2D eigenvalue weighted by Gasteiger charge is -2.41. The molecule has 0 spiro atoms. The van der Waals surface area contributed by atoms with E-state index in [-0.39, 0.29) is 18.7 Å². The lowest BCUT2D eigenvalue weighted by molar-refractivity contribution is -0.162. The third-order valence-corrected chi connectivity index (χ3v) is 4.45. The number of hydrogen-bond acceptors (Lipinski definition) is 7. The molecule has 9 heteroatoms. The highest BCUT2D eigenvalue weighted by Crippen LogP contribution is 2.22. The first kappa shape index (κ1) is 25.9. The van der Waals surface area contributed by atoms with Crippen LogP contribution in [0.5, 0.6) is 0 Å². The van der Waals surface area contributed by atoms with Crippen LogP contribution in [-0.2, 0) is 23.9 Å². The van der Waals surface area contributed by atoms with Crippen LogP contribution in [0.3, 0.4) is 0 Å². The lowest BCUT2D eigenvalue weighted by atomic mass is 9.85. The van der Waals surface area contributed by atoms with Crippen LogP contribution in [0, 0.1) is 0 Å². The molecule has 172 valence electrons. The van der Waals surface area contributed by atoms with Crippen LogP contribution < -0.4 is 10.6 Å². The minimum absolute atomic E-state index is 0.187. The highest BCUT2D eigenvalue weighted by Gasteiger charge is 2.47. The van der Waals surface area contributed by atoms with Crippen molar-refractivity contribution < 1.29 is 28.7 Å². The molecule has 2 N–H and O–H groups in total. The van der Waals surface area contributed by atoms with Gasteiger partial charge >= 0.3 is 12.1 Å². The molecule has 1 fully saturated rings. The Balaban J connectivity index is 2.63. The molecule has 0 bridgehead atoms. The Hall–Kier alpha value is -2.16. The average Bonchev–Trinajstić information content (AvgIpc) is 2.54. The number of hydrogen-bond donors (Lipinski definition) is 2. The summed E-state index contributed by atoms with van der Waals surface area (Å²) < 4.78 is 10.5. The Morgan fingerprint density at radius 2 is 1.67 bits per heavy atom. The number of amides is 2. The molecule has 1 rings (SSSR count). The first-order valence-electron chi connectivity index (χ1n) is 10.4. The third kappa shape index (κ3) is 8.30. The van der Waals surface area contributed by atoms with Crippen LogP contribution in [-0.4, -0.2) is 71.6 Å². The third-order valence-electron chi connectivity index (χ3n) is 4.45. The number of Topliss-reactive ketones (excluding diaryl/α,β-unsaturated/α-hetero) is 1.